The van der Waals surface area contributed by atoms with Crippen molar-refractivity contribution < 1.29 is 14.6 Å². The molecule has 2 rings (SSSR count). The first-order chi connectivity index (χ1) is 8.00. The summed E-state index contributed by atoms with van der Waals surface area (Å²) in [6, 6.07) is 0.153. The van der Waals surface area contributed by atoms with Gasteiger partial charge < -0.3 is 14.7 Å². The first-order valence-corrected chi connectivity index (χ1v) is 6.56. The maximum absolute atomic E-state index is 12.0. The zero-order chi connectivity index (χ0) is 12.5. The summed E-state index contributed by atoms with van der Waals surface area (Å²) in [4.78, 5) is 14.0. The fourth-order valence-electron chi connectivity index (χ4n) is 2.98. The molecule has 1 aliphatic carbocycles. The number of nitrogens with zero attached hydrogens (tertiary/aromatic N) is 1. The van der Waals surface area contributed by atoms with E-state index in [2.05, 4.69) is 13.8 Å². The van der Waals surface area contributed by atoms with E-state index in [-0.39, 0.29) is 30.1 Å². The Balaban J connectivity index is 2.14. The SMILES string of the molecule is CC1(C)CCC(O)CC1N1CCCOCC1=O. The van der Waals surface area contributed by atoms with Gasteiger partial charge in [0.15, 0.2) is 0 Å². The van der Waals surface area contributed by atoms with E-state index in [1.165, 1.54) is 0 Å². The minimum absolute atomic E-state index is 0.0784. The van der Waals surface area contributed by atoms with Gasteiger partial charge in [-0.15, -0.1) is 0 Å². The first-order valence-electron chi connectivity index (χ1n) is 6.56. The molecule has 17 heavy (non-hydrogen) atoms. The van der Waals surface area contributed by atoms with Gasteiger partial charge >= 0.3 is 0 Å². The van der Waals surface area contributed by atoms with Crippen LogP contribution in [0.4, 0.5) is 0 Å². The molecule has 0 spiro atoms. The monoisotopic (exact) mass is 241 g/mol. The predicted molar refractivity (Wildman–Crippen MR) is 64.6 cm³/mol. The Morgan fingerprint density at radius 2 is 2.24 bits per heavy atom. The van der Waals surface area contributed by atoms with Gasteiger partial charge in [-0.25, -0.2) is 0 Å². The van der Waals surface area contributed by atoms with E-state index in [0.29, 0.717) is 13.0 Å². The van der Waals surface area contributed by atoms with Crippen LogP contribution in [0.5, 0.6) is 0 Å². The van der Waals surface area contributed by atoms with E-state index in [1.807, 2.05) is 4.90 Å². The van der Waals surface area contributed by atoms with Crippen LogP contribution >= 0.6 is 0 Å². The second kappa shape index (κ2) is 4.94. The van der Waals surface area contributed by atoms with Crippen LogP contribution in [0.1, 0.15) is 39.5 Å². The largest absolute Gasteiger partial charge is 0.393 e. The molecule has 98 valence electrons. The first kappa shape index (κ1) is 12.8. The van der Waals surface area contributed by atoms with Crippen molar-refractivity contribution in [2.24, 2.45) is 5.41 Å². The summed E-state index contributed by atoms with van der Waals surface area (Å²) in [6.45, 7) is 6.02. The standard InChI is InChI=1S/C13H23NO3/c1-13(2)5-4-10(15)8-11(13)14-6-3-7-17-9-12(14)16/h10-11,15H,3-9H2,1-2H3. The number of amides is 1. The molecule has 4 heteroatoms. The van der Waals surface area contributed by atoms with Crippen LogP contribution < -0.4 is 0 Å². The van der Waals surface area contributed by atoms with Gasteiger partial charge in [-0.05, 0) is 31.1 Å². The highest BCUT2D eigenvalue weighted by atomic mass is 16.5. The van der Waals surface area contributed by atoms with Gasteiger partial charge in [-0.1, -0.05) is 13.8 Å². The Kier molecular flexibility index (Phi) is 3.73. The van der Waals surface area contributed by atoms with Crippen LogP contribution in [-0.4, -0.2) is 47.8 Å². The molecule has 0 aromatic rings. The van der Waals surface area contributed by atoms with E-state index in [0.717, 1.165) is 25.8 Å². The zero-order valence-corrected chi connectivity index (χ0v) is 10.8. The van der Waals surface area contributed by atoms with E-state index >= 15 is 0 Å². The molecule has 0 aromatic carbocycles. The van der Waals surface area contributed by atoms with E-state index in [9.17, 15) is 9.90 Å². The third-order valence-electron chi connectivity index (χ3n) is 4.13. The average Bonchev–Trinajstić information content (AvgIpc) is 2.47. The maximum atomic E-state index is 12.0. The van der Waals surface area contributed by atoms with Crippen molar-refractivity contribution in [3.05, 3.63) is 0 Å². The fourth-order valence-corrected chi connectivity index (χ4v) is 2.98. The lowest BCUT2D eigenvalue weighted by atomic mass is 9.71. The van der Waals surface area contributed by atoms with Crippen LogP contribution in [0.3, 0.4) is 0 Å². The summed E-state index contributed by atoms with van der Waals surface area (Å²) in [7, 11) is 0. The van der Waals surface area contributed by atoms with Crippen molar-refractivity contribution in [3.63, 3.8) is 0 Å². The van der Waals surface area contributed by atoms with E-state index in [4.69, 9.17) is 4.74 Å². The molecule has 1 saturated heterocycles. The Morgan fingerprint density at radius 3 is 3.00 bits per heavy atom. The summed E-state index contributed by atoms with van der Waals surface area (Å²) >= 11 is 0. The molecule has 2 fully saturated rings. The maximum Gasteiger partial charge on any atom is 0.248 e. The van der Waals surface area contributed by atoms with Crippen molar-refractivity contribution in [3.8, 4) is 0 Å². The number of hydrogen-bond donors (Lipinski definition) is 1. The zero-order valence-electron chi connectivity index (χ0n) is 10.8. The molecule has 1 heterocycles. The molecule has 2 aliphatic rings. The van der Waals surface area contributed by atoms with E-state index < -0.39 is 0 Å². The molecule has 1 N–H and O–H groups in total. The Bertz CT molecular complexity index is 290. The number of carbonyl (C=O) groups is 1. The van der Waals surface area contributed by atoms with Crippen LogP contribution in [-0.2, 0) is 9.53 Å². The summed E-state index contributed by atoms with van der Waals surface area (Å²) in [6.07, 6.45) is 3.17. The quantitative estimate of drug-likeness (QED) is 0.750. The summed E-state index contributed by atoms with van der Waals surface area (Å²) in [5.74, 6) is 0.0784. The molecule has 4 nitrogen and oxygen atoms in total. The third kappa shape index (κ3) is 2.80. The van der Waals surface area contributed by atoms with Crippen LogP contribution in [0.2, 0.25) is 0 Å². The normalized spacial score (nSPS) is 34.5. The molecule has 0 bridgehead atoms. The number of ether oxygens (including phenoxy) is 1. The van der Waals surface area contributed by atoms with Gasteiger partial charge in [0.2, 0.25) is 5.91 Å². The van der Waals surface area contributed by atoms with Crippen LogP contribution in [0.25, 0.3) is 0 Å². The number of aliphatic hydroxyl groups excluding tert-OH is 1. The Hall–Kier alpha value is -0.610. The lowest BCUT2D eigenvalue weighted by Gasteiger charge is -2.46. The van der Waals surface area contributed by atoms with Crippen molar-refractivity contribution in [2.45, 2.75) is 51.7 Å². The highest BCUT2D eigenvalue weighted by Crippen LogP contribution is 2.39. The second-order valence-corrected chi connectivity index (χ2v) is 5.93. The number of carbonyl (C=O) groups excluding carboxylic acids is 1. The minimum atomic E-state index is -0.259. The van der Waals surface area contributed by atoms with Crippen molar-refractivity contribution in [2.75, 3.05) is 19.8 Å². The summed E-state index contributed by atoms with van der Waals surface area (Å²) in [5.41, 5.74) is 0.0965. The third-order valence-corrected chi connectivity index (χ3v) is 4.13. The molecular formula is C13H23NO3. The van der Waals surface area contributed by atoms with Gasteiger partial charge in [-0.3, -0.25) is 4.79 Å². The molecule has 2 unspecified atom stereocenters. The van der Waals surface area contributed by atoms with Crippen molar-refractivity contribution in [1.82, 2.24) is 4.90 Å². The van der Waals surface area contributed by atoms with Crippen molar-refractivity contribution >= 4 is 5.91 Å². The topological polar surface area (TPSA) is 49.8 Å². The lowest BCUT2D eigenvalue weighted by molar-refractivity contribution is -0.141. The molecule has 0 aromatic heterocycles. The van der Waals surface area contributed by atoms with Crippen LogP contribution in [0, 0.1) is 5.41 Å². The van der Waals surface area contributed by atoms with Gasteiger partial charge in [-0.2, -0.15) is 0 Å². The highest BCUT2D eigenvalue weighted by molar-refractivity contribution is 5.78. The minimum Gasteiger partial charge on any atom is -0.393 e. The number of hydrogen-bond acceptors (Lipinski definition) is 3. The Labute approximate surface area is 103 Å². The molecular weight excluding hydrogens is 218 g/mol. The summed E-state index contributed by atoms with van der Waals surface area (Å²) in [5, 5.41) is 9.83. The summed E-state index contributed by atoms with van der Waals surface area (Å²) < 4.78 is 5.27. The van der Waals surface area contributed by atoms with Gasteiger partial charge in [0, 0.05) is 19.2 Å². The predicted octanol–water partition coefficient (Wildman–Crippen LogP) is 1.17. The van der Waals surface area contributed by atoms with E-state index in [1.54, 1.807) is 0 Å². The molecule has 1 aliphatic heterocycles. The number of aliphatic hydroxyl groups is 1. The number of rotatable bonds is 1. The average molecular weight is 241 g/mol. The molecule has 1 saturated carbocycles. The Morgan fingerprint density at radius 1 is 1.47 bits per heavy atom. The fraction of sp³-hybridized carbons (Fsp3) is 0.923. The van der Waals surface area contributed by atoms with Gasteiger partial charge in [0.25, 0.3) is 0 Å². The smallest absolute Gasteiger partial charge is 0.248 e. The highest BCUT2D eigenvalue weighted by Gasteiger charge is 2.41. The molecule has 2 atom stereocenters. The van der Waals surface area contributed by atoms with Crippen molar-refractivity contribution in [1.29, 1.82) is 0 Å². The lowest BCUT2D eigenvalue weighted by Crippen LogP contribution is -2.53. The second-order valence-electron chi connectivity index (χ2n) is 5.93. The van der Waals surface area contributed by atoms with Gasteiger partial charge in [0.05, 0.1) is 6.10 Å². The van der Waals surface area contributed by atoms with Gasteiger partial charge in [0.1, 0.15) is 6.61 Å². The molecule has 1 amide bonds. The van der Waals surface area contributed by atoms with Crippen LogP contribution in [0.15, 0.2) is 0 Å². The molecule has 0 radical (unpaired) electrons.